The smallest absolute Gasteiger partial charge is 0.214 e. The van der Waals surface area contributed by atoms with Crippen LogP contribution in [0.5, 0.6) is 0 Å². The van der Waals surface area contributed by atoms with Crippen molar-refractivity contribution < 1.29 is 13.5 Å². The van der Waals surface area contributed by atoms with E-state index in [4.69, 9.17) is 11.6 Å². The van der Waals surface area contributed by atoms with Crippen molar-refractivity contribution in [1.82, 2.24) is 4.72 Å². The summed E-state index contributed by atoms with van der Waals surface area (Å²) in [6.07, 6.45) is 5.22. The van der Waals surface area contributed by atoms with Crippen molar-refractivity contribution in [2.24, 2.45) is 5.92 Å². The normalized spacial score (nSPS) is 22.6. The molecule has 0 radical (unpaired) electrons. The maximum atomic E-state index is 12.1. The molecule has 0 unspecified atom stereocenters. The first-order chi connectivity index (χ1) is 17.1. The molecule has 0 spiro atoms. The van der Waals surface area contributed by atoms with E-state index in [1.54, 1.807) is 13.8 Å². The second kappa shape index (κ2) is 11.3. The predicted octanol–water partition coefficient (Wildman–Crippen LogP) is 5.43. The summed E-state index contributed by atoms with van der Waals surface area (Å²) < 4.78 is 27.1. The minimum Gasteiger partial charge on any atom is -0.385 e. The van der Waals surface area contributed by atoms with Crippen LogP contribution in [0.4, 0.5) is 11.4 Å². The molecular formula is C28H40ClN3O3S. The van der Waals surface area contributed by atoms with Crippen molar-refractivity contribution in [2.45, 2.75) is 76.2 Å². The van der Waals surface area contributed by atoms with Crippen LogP contribution in [0.25, 0.3) is 0 Å². The summed E-state index contributed by atoms with van der Waals surface area (Å²) in [7, 11) is -3.20. The molecule has 2 aromatic carbocycles. The van der Waals surface area contributed by atoms with E-state index in [0.717, 1.165) is 56.6 Å². The number of anilines is 2. The lowest BCUT2D eigenvalue weighted by molar-refractivity contribution is 0.0118. The van der Waals surface area contributed by atoms with Gasteiger partial charge in [0.05, 0.1) is 10.9 Å². The number of rotatable bonds is 8. The summed E-state index contributed by atoms with van der Waals surface area (Å²) in [5, 5.41) is 15.1. The molecule has 0 atom stereocenters. The average molecular weight is 534 g/mol. The Balaban J connectivity index is 1.26. The number of hydrogen-bond acceptors (Lipinski definition) is 5. The first kappa shape index (κ1) is 27.2. The fraction of sp³-hybridized carbons (Fsp3) is 0.571. The molecule has 2 aromatic rings. The van der Waals surface area contributed by atoms with Crippen molar-refractivity contribution >= 4 is 33.0 Å². The number of sulfonamides is 1. The zero-order chi connectivity index (χ0) is 25.9. The van der Waals surface area contributed by atoms with E-state index in [9.17, 15) is 13.5 Å². The van der Waals surface area contributed by atoms with Gasteiger partial charge < -0.3 is 15.3 Å². The van der Waals surface area contributed by atoms with Gasteiger partial charge in [-0.25, -0.2) is 13.1 Å². The highest BCUT2D eigenvalue weighted by molar-refractivity contribution is 7.90. The molecule has 0 amide bonds. The molecule has 3 N–H and O–H groups in total. The lowest BCUT2D eigenvalue weighted by atomic mass is 9.84. The summed E-state index contributed by atoms with van der Waals surface area (Å²) in [5.41, 5.74) is 3.69. The van der Waals surface area contributed by atoms with Gasteiger partial charge in [-0.3, -0.25) is 0 Å². The van der Waals surface area contributed by atoms with Crippen molar-refractivity contribution in [2.75, 3.05) is 29.9 Å². The summed E-state index contributed by atoms with van der Waals surface area (Å²) >= 11 is 6.01. The van der Waals surface area contributed by atoms with E-state index < -0.39 is 15.6 Å². The Morgan fingerprint density at radius 1 is 1.06 bits per heavy atom. The molecule has 2 aliphatic rings. The molecule has 8 heteroatoms. The molecule has 1 aliphatic heterocycles. The number of benzene rings is 2. The van der Waals surface area contributed by atoms with E-state index >= 15 is 0 Å². The van der Waals surface area contributed by atoms with Gasteiger partial charge in [0.1, 0.15) is 0 Å². The Labute approximate surface area is 221 Å². The Kier molecular flexibility index (Phi) is 8.55. The maximum Gasteiger partial charge on any atom is 0.214 e. The highest BCUT2D eigenvalue weighted by Gasteiger charge is 2.34. The Morgan fingerprint density at radius 3 is 2.28 bits per heavy atom. The molecule has 4 rings (SSSR count). The zero-order valence-electron chi connectivity index (χ0n) is 21.6. The number of nitrogens with zero attached hydrogens (tertiary/aromatic N) is 1. The topological polar surface area (TPSA) is 81.7 Å². The Morgan fingerprint density at radius 2 is 1.69 bits per heavy atom. The minimum absolute atomic E-state index is 0.0663. The molecule has 1 saturated carbocycles. The molecule has 1 aliphatic carbocycles. The number of piperidine rings is 1. The average Bonchev–Trinajstić information content (AvgIpc) is 2.85. The van der Waals surface area contributed by atoms with Crippen molar-refractivity contribution in [3.8, 4) is 0 Å². The lowest BCUT2D eigenvalue weighted by Crippen LogP contribution is -2.42. The maximum absolute atomic E-state index is 12.1. The number of hydrogen-bond donors (Lipinski definition) is 3. The van der Waals surface area contributed by atoms with Crippen LogP contribution in [-0.2, 0) is 15.6 Å². The van der Waals surface area contributed by atoms with E-state index in [0.29, 0.717) is 23.8 Å². The highest BCUT2D eigenvalue weighted by Crippen LogP contribution is 2.36. The number of aliphatic hydroxyl groups is 1. The van der Waals surface area contributed by atoms with Gasteiger partial charge in [-0.2, -0.15) is 0 Å². The fourth-order valence-corrected chi connectivity index (χ4v) is 6.43. The van der Waals surface area contributed by atoms with E-state index in [1.807, 2.05) is 24.3 Å². The second-order valence-electron chi connectivity index (χ2n) is 10.8. The first-order valence-corrected chi connectivity index (χ1v) is 15.1. The third-order valence-electron chi connectivity index (χ3n) is 7.93. The van der Waals surface area contributed by atoms with Gasteiger partial charge in [-0.15, -0.1) is 0 Å². The van der Waals surface area contributed by atoms with Crippen LogP contribution in [0, 0.1) is 12.8 Å². The summed E-state index contributed by atoms with van der Waals surface area (Å²) in [6.45, 7) is 8.08. The highest BCUT2D eigenvalue weighted by atomic mass is 35.5. The van der Waals surface area contributed by atoms with Crippen LogP contribution >= 0.6 is 11.6 Å². The summed E-state index contributed by atoms with van der Waals surface area (Å²) in [5.74, 6) is 0.552. The third kappa shape index (κ3) is 6.55. The zero-order valence-corrected chi connectivity index (χ0v) is 23.2. The molecule has 2 fully saturated rings. The molecular weight excluding hydrogens is 494 g/mol. The summed E-state index contributed by atoms with van der Waals surface area (Å²) in [4.78, 5) is 2.35. The van der Waals surface area contributed by atoms with Crippen LogP contribution in [0.15, 0.2) is 42.5 Å². The van der Waals surface area contributed by atoms with Crippen LogP contribution in [-0.4, -0.2) is 44.5 Å². The molecule has 6 nitrogen and oxygen atoms in total. The fourth-order valence-electron chi connectivity index (χ4n) is 5.33. The number of halogens is 1. The minimum atomic E-state index is -3.20. The second-order valence-corrected chi connectivity index (χ2v) is 13.5. The van der Waals surface area contributed by atoms with Crippen molar-refractivity contribution in [1.29, 1.82) is 0 Å². The van der Waals surface area contributed by atoms with E-state index in [2.05, 4.69) is 40.1 Å². The van der Waals surface area contributed by atoms with Crippen LogP contribution < -0.4 is 14.9 Å². The quantitative estimate of drug-likeness (QED) is 0.421. The SMILES string of the molecule is Cc1cc(N2CCC(O)(c3ccc(Cl)cc3)CC2)ccc1NC[C@H]1CC[C@H](NS(=O)(=O)C(C)C)CC1. The van der Waals surface area contributed by atoms with E-state index in [-0.39, 0.29) is 11.3 Å². The van der Waals surface area contributed by atoms with Crippen LogP contribution in [0.2, 0.25) is 5.02 Å². The summed E-state index contributed by atoms with van der Waals surface area (Å²) in [6, 6.07) is 14.2. The molecule has 1 saturated heterocycles. The van der Waals surface area contributed by atoms with Crippen molar-refractivity contribution in [3.63, 3.8) is 0 Å². The monoisotopic (exact) mass is 533 g/mol. The lowest BCUT2D eigenvalue weighted by Gasteiger charge is -2.40. The molecule has 1 heterocycles. The van der Waals surface area contributed by atoms with Crippen LogP contribution in [0.3, 0.4) is 0 Å². The molecule has 36 heavy (non-hydrogen) atoms. The van der Waals surface area contributed by atoms with Gasteiger partial charge >= 0.3 is 0 Å². The van der Waals surface area contributed by atoms with Gasteiger partial charge in [0.2, 0.25) is 10.0 Å². The van der Waals surface area contributed by atoms with Gasteiger partial charge in [0, 0.05) is 42.1 Å². The largest absolute Gasteiger partial charge is 0.385 e. The number of aryl methyl sites for hydroxylation is 1. The molecule has 198 valence electrons. The van der Waals surface area contributed by atoms with E-state index in [1.165, 1.54) is 11.3 Å². The molecule has 0 aromatic heterocycles. The standard InChI is InChI=1S/C28H40ClN3O3S/c1-20(2)36(34,35)31-25-10-4-22(5-11-25)19-30-27-13-12-26(18-21(27)3)32-16-14-28(33,15-17-32)23-6-8-24(29)9-7-23/h6-9,12-13,18,20,22,25,30-31,33H,4-5,10-11,14-17,19H2,1-3H3/t22-,25-. The number of nitrogens with one attached hydrogen (secondary N) is 2. The van der Waals surface area contributed by atoms with Crippen molar-refractivity contribution in [3.05, 3.63) is 58.6 Å². The van der Waals surface area contributed by atoms with Gasteiger partial charge in [-0.05, 0) is 107 Å². The van der Waals surface area contributed by atoms with Gasteiger partial charge in [0.15, 0.2) is 0 Å². The molecule has 0 bridgehead atoms. The van der Waals surface area contributed by atoms with Gasteiger partial charge in [0.25, 0.3) is 0 Å². The predicted molar refractivity (Wildman–Crippen MR) is 149 cm³/mol. The Hall–Kier alpha value is -1.80. The Bertz CT molecular complexity index is 1120. The third-order valence-corrected chi connectivity index (χ3v) is 10.1. The van der Waals surface area contributed by atoms with Gasteiger partial charge in [-0.1, -0.05) is 23.7 Å². The van der Waals surface area contributed by atoms with Crippen LogP contribution in [0.1, 0.15) is 63.5 Å². The first-order valence-electron chi connectivity index (χ1n) is 13.1.